The molecule has 0 bridgehead atoms. The van der Waals surface area contributed by atoms with E-state index in [1.165, 1.54) is 12.1 Å². The van der Waals surface area contributed by atoms with Crippen LogP contribution >= 0.6 is 0 Å². The van der Waals surface area contributed by atoms with Crippen molar-refractivity contribution < 1.29 is 8.78 Å². The first kappa shape index (κ1) is 11.7. The lowest BCUT2D eigenvalue weighted by Gasteiger charge is -2.06. The summed E-state index contributed by atoms with van der Waals surface area (Å²) in [6, 6.07) is 13.1. The molecule has 0 aromatic heterocycles. The topological polar surface area (TPSA) is 12.0 Å². The third-order valence-corrected chi connectivity index (χ3v) is 2.55. The van der Waals surface area contributed by atoms with E-state index in [2.05, 4.69) is 5.32 Å². The lowest BCUT2D eigenvalue weighted by atomic mass is 10.2. The molecular formula is C14H13F2N. The molecule has 1 N–H and O–H groups in total. The lowest BCUT2D eigenvalue weighted by molar-refractivity contribution is 0.569. The Morgan fingerprint density at radius 3 is 1.53 bits per heavy atom. The van der Waals surface area contributed by atoms with Gasteiger partial charge in [-0.2, -0.15) is 0 Å². The monoisotopic (exact) mass is 233 g/mol. The van der Waals surface area contributed by atoms with E-state index in [1.54, 1.807) is 36.4 Å². The highest BCUT2D eigenvalue weighted by molar-refractivity contribution is 5.19. The fourth-order valence-corrected chi connectivity index (χ4v) is 1.62. The van der Waals surface area contributed by atoms with Crippen molar-refractivity contribution in [3.8, 4) is 0 Å². The maximum atomic E-state index is 13.3. The van der Waals surface area contributed by atoms with E-state index in [0.29, 0.717) is 24.2 Å². The van der Waals surface area contributed by atoms with Gasteiger partial charge in [-0.25, -0.2) is 8.78 Å². The Balaban J connectivity index is 1.93. The van der Waals surface area contributed by atoms with Gasteiger partial charge in [0.2, 0.25) is 0 Å². The molecule has 0 saturated carbocycles. The first-order valence-electron chi connectivity index (χ1n) is 5.45. The second kappa shape index (κ2) is 5.55. The summed E-state index contributed by atoms with van der Waals surface area (Å²) in [7, 11) is 0. The van der Waals surface area contributed by atoms with Crippen molar-refractivity contribution in [2.75, 3.05) is 0 Å². The number of rotatable bonds is 4. The van der Waals surface area contributed by atoms with Gasteiger partial charge in [-0.15, -0.1) is 0 Å². The molecule has 0 atom stereocenters. The van der Waals surface area contributed by atoms with E-state index in [9.17, 15) is 8.78 Å². The van der Waals surface area contributed by atoms with Crippen LogP contribution in [0.4, 0.5) is 8.78 Å². The Kier molecular flexibility index (Phi) is 3.83. The lowest BCUT2D eigenvalue weighted by Crippen LogP contribution is -2.14. The summed E-state index contributed by atoms with van der Waals surface area (Å²) < 4.78 is 26.6. The van der Waals surface area contributed by atoms with E-state index >= 15 is 0 Å². The Hall–Kier alpha value is -1.74. The van der Waals surface area contributed by atoms with Gasteiger partial charge in [-0.1, -0.05) is 36.4 Å². The molecule has 88 valence electrons. The summed E-state index contributed by atoms with van der Waals surface area (Å²) in [5.41, 5.74) is 1.17. The van der Waals surface area contributed by atoms with E-state index in [1.807, 2.05) is 0 Å². The SMILES string of the molecule is Fc1ccccc1CNCc1ccccc1F. The minimum Gasteiger partial charge on any atom is -0.308 e. The summed E-state index contributed by atoms with van der Waals surface area (Å²) in [4.78, 5) is 0. The largest absolute Gasteiger partial charge is 0.308 e. The highest BCUT2D eigenvalue weighted by Gasteiger charge is 2.02. The van der Waals surface area contributed by atoms with Crippen molar-refractivity contribution in [2.24, 2.45) is 0 Å². The van der Waals surface area contributed by atoms with Crippen molar-refractivity contribution in [2.45, 2.75) is 13.1 Å². The van der Waals surface area contributed by atoms with Gasteiger partial charge < -0.3 is 5.32 Å². The molecule has 2 aromatic rings. The molecule has 0 fully saturated rings. The standard InChI is InChI=1S/C14H13F2N/c15-13-7-3-1-5-11(13)9-17-10-12-6-2-4-8-14(12)16/h1-8,17H,9-10H2. The predicted molar refractivity (Wildman–Crippen MR) is 63.3 cm³/mol. The molecule has 2 aromatic carbocycles. The van der Waals surface area contributed by atoms with E-state index in [0.717, 1.165) is 0 Å². The second-order valence-electron chi connectivity index (χ2n) is 3.79. The minimum absolute atomic E-state index is 0.242. The van der Waals surface area contributed by atoms with Crippen molar-refractivity contribution >= 4 is 0 Å². The van der Waals surface area contributed by atoms with Crippen LogP contribution in [0, 0.1) is 11.6 Å². The molecule has 1 nitrogen and oxygen atoms in total. The Morgan fingerprint density at radius 1 is 0.706 bits per heavy atom. The van der Waals surface area contributed by atoms with Gasteiger partial charge in [0.15, 0.2) is 0 Å². The van der Waals surface area contributed by atoms with Crippen LogP contribution in [0.3, 0.4) is 0 Å². The summed E-state index contributed by atoms with van der Waals surface area (Å²) in [6.07, 6.45) is 0. The Labute approximate surface area is 99.1 Å². The van der Waals surface area contributed by atoms with Crippen LogP contribution in [0.5, 0.6) is 0 Å². The third-order valence-electron chi connectivity index (χ3n) is 2.55. The van der Waals surface area contributed by atoms with Crippen molar-refractivity contribution in [1.29, 1.82) is 0 Å². The molecular weight excluding hydrogens is 220 g/mol. The van der Waals surface area contributed by atoms with Gasteiger partial charge in [-0.05, 0) is 12.1 Å². The third kappa shape index (κ3) is 3.11. The van der Waals surface area contributed by atoms with Crippen LogP contribution < -0.4 is 5.32 Å². The van der Waals surface area contributed by atoms with Gasteiger partial charge >= 0.3 is 0 Å². The van der Waals surface area contributed by atoms with E-state index in [4.69, 9.17) is 0 Å². The average molecular weight is 233 g/mol. The van der Waals surface area contributed by atoms with Crippen molar-refractivity contribution in [1.82, 2.24) is 5.32 Å². The van der Waals surface area contributed by atoms with Gasteiger partial charge in [0.05, 0.1) is 0 Å². The molecule has 0 unspecified atom stereocenters. The molecule has 0 aliphatic rings. The summed E-state index contributed by atoms with van der Waals surface area (Å²) >= 11 is 0. The molecule has 0 saturated heterocycles. The van der Waals surface area contributed by atoms with Crippen LogP contribution in [0.15, 0.2) is 48.5 Å². The fourth-order valence-electron chi connectivity index (χ4n) is 1.62. The van der Waals surface area contributed by atoms with Crippen LogP contribution in [-0.2, 0) is 13.1 Å². The number of hydrogen-bond acceptors (Lipinski definition) is 1. The summed E-state index contributed by atoms with van der Waals surface area (Å²) in [5, 5.41) is 3.02. The van der Waals surface area contributed by atoms with Crippen LogP contribution in [0.1, 0.15) is 11.1 Å². The zero-order valence-corrected chi connectivity index (χ0v) is 9.29. The Bertz CT molecular complexity index is 452. The molecule has 2 rings (SSSR count). The molecule has 0 radical (unpaired) electrons. The van der Waals surface area contributed by atoms with E-state index in [-0.39, 0.29) is 11.6 Å². The number of halogens is 2. The van der Waals surface area contributed by atoms with Gasteiger partial charge in [0.25, 0.3) is 0 Å². The molecule has 0 heterocycles. The second-order valence-corrected chi connectivity index (χ2v) is 3.79. The molecule has 0 amide bonds. The quantitative estimate of drug-likeness (QED) is 0.854. The molecule has 17 heavy (non-hydrogen) atoms. The normalized spacial score (nSPS) is 10.5. The molecule has 3 heteroatoms. The zero-order valence-electron chi connectivity index (χ0n) is 9.29. The summed E-state index contributed by atoms with van der Waals surface area (Å²) in [6.45, 7) is 0.780. The smallest absolute Gasteiger partial charge is 0.127 e. The maximum absolute atomic E-state index is 13.3. The van der Waals surface area contributed by atoms with Gasteiger partial charge in [0.1, 0.15) is 11.6 Å². The average Bonchev–Trinajstić information content (AvgIpc) is 2.34. The highest BCUT2D eigenvalue weighted by Crippen LogP contribution is 2.08. The van der Waals surface area contributed by atoms with Crippen molar-refractivity contribution in [3.05, 3.63) is 71.3 Å². The Morgan fingerprint density at radius 2 is 1.12 bits per heavy atom. The number of benzene rings is 2. The number of nitrogens with one attached hydrogen (secondary N) is 1. The first-order valence-corrected chi connectivity index (χ1v) is 5.45. The van der Waals surface area contributed by atoms with Gasteiger partial charge in [-0.3, -0.25) is 0 Å². The zero-order chi connectivity index (χ0) is 12.1. The summed E-state index contributed by atoms with van der Waals surface area (Å²) in [5.74, 6) is -0.484. The molecule has 0 aliphatic heterocycles. The molecule has 0 aliphatic carbocycles. The van der Waals surface area contributed by atoms with Crippen LogP contribution in [0.25, 0.3) is 0 Å². The number of hydrogen-bond donors (Lipinski definition) is 1. The van der Waals surface area contributed by atoms with Crippen molar-refractivity contribution in [3.63, 3.8) is 0 Å². The highest BCUT2D eigenvalue weighted by atomic mass is 19.1. The minimum atomic E-state index is -0.242. The van der Waals surface area contributed by atoms with E-state index < -0.39 is 0 Å². The molecule has 0 spiro atoms. The maximum Gasteiger partial charge on any atom is 0.127 e. The fraction of sp³-hybridized carbons (Fsp3) is 0.143. The first-order chi connectivity index (χ1) is 8.27. The van der Waals surface area contributed by atoms with Crippen LogP contribution in [0.2, 0.25) is 0 Å². The predicted octanol–water partition coefficient (Wildman–Crippen LogP) is 3.25. The van der Waals surface area contributed by atoms with Crippen LogP contribution in [-0.4, -0.2) is 0 Å². The van der Waals surface area contributed by atoms with Gasteiger partial charge in [0, 0.05) is 24.2 Å².